The zero-order valence-corrected chi connectivity index (χ0v) is 14.5. The number of nitrogens with zero attached hydrogens (tertiary/aromatic N) is 1. The molecule has 3 nitrogen and oxygen atoms in total. The molecule has 0 aliphatic heterocycles. The molecule has 0 spiro atoms. The monoisotopic (exact) mass is 338 g/mol. The lowest BCUT2D eigenvalue weighted by molar-refractivity contribution is 0.480. The van der Waals surface area contributed by atoms with Gasteiger partial charge in [-0.1, -0.05) is 48.4 Å². The van der Waals surface area contributed by atoms with E-state index in [1.807, 2.05) is 30.3 Å². The van der Waals surface area contributed by atoms with Crippen LogP contribution in [0.4, 0.5) is 0 Å². The normalized spacial score (nSPS) is 14.2. The maximum absolute atomic E-state index is 5.89. The number of hydrogen-bond acceptors (Lipinski definition) is 4. The Morgan fingerprint density at radius 3 is 2.67 bits per heavy atom. The van der Waals surface area contributed by atoms with E-state index in [-0.39, 0.29) is 0 Å². The highest BCUT2D eigenvalue weighted by Gasteiger charge is 2.19. The van der Waals surface area contributed by atoms with Gasteiger partial charge in [0.2, 0.25) is 0 Å². The number of ether oxygens (including phenoxy) is 1. The first-order valence-electron chi connectivity index (χ1n) is 8.70. The van der Waals surface area contributed by atoms with Gasteiger partial charge in [0.15, 0.2) is 0 Å². The van der Waals surface area contributed by atoms with Crippen LogP contribution in [0.25, 0.3) is 10.2 Å². The maximum atomic E-state index is 5.89. The smallest absolute Gasteiger partial charge is 0.279 e. The number of thiazole rings is 1. The Bertz CT molecular complexity index is 760. The Hall–Kier alpha value is -1.91. The second-order valence-corrected chi connectivity index (χ2v) is 7.42. The molecule has 2 aromatic carbocycles. The molecule has 0 saturated heterocycles. The van der Waals surface area contributed by atoms with E-state index in [4.69, 9.17) is 4.74 Å². The quantitative estimate of drug-likeness (QED) is 0.586. The molecule has 1 aromatic heterocycles. The summed E-state index contributed by atoms with van der Waals surface area (Å²) in [6, 6.07) is 16.5. The van der Waals surface area contributed by atoms with Crippen molar-refractivity contribution in [1.82, 2.24) is 10.3 Å². The average molecular weight is 338 g/mol. The Morgan fingerprint density at radius 2 is 1.88 bits per heavy atom. The van der Waals surface area contributed by atoms with Gasteiger partial charge in [-0.2, -0.15) is 0 Å². The van der Waals surface area contributed by atoms with Gasteiger partial charge in [-0.3, -0.25) is 0 Å². The number of fused-ring (bicyclic) bond motifs is 1. The SMILES string of the molecule is c1ccc2sc(Oc3ccc(CCNCCC4CC4)cc3)nc2c1. The lowest BCUT2D eigenvalue weighted by Gasteiger charge is -2.06. The fraction of sp³-hybridized carbons (Fsp3) is 0.350. The highest BCUT2D eigenvalue weighted by molar-refractivity contribution is 7.20. The highest BCUT2D eigenvalue weighted by Crippen LogP contribution is 2.32. The second-order valence-electron chi connectivity index (χ2n) is 6.43. The summed E-state index contributed by atoms with van der Waals surface area (Å²) in [7, 11) is 0. The Morgan fingerprint density at radius 1 is 1.04 bits per heavy atom. The lowest BCUT2D eigenvalue weighted by atomic mass is 10.1. The summed E-state index contributed by atoms with van der Waals surface area (Å²) in [5.41, 5.74) is 2.33. The predicted octanol–water partition coefficient (Wildman–Crippen LogP) is 5.02. The van der Waals surface area contributed by atoms with Gasteiger partial charge in [-0.05, 0) is 61.7 Å². The van der Waals surface area contributed by atoms with E-state index < -0.39 is 0 Å². The molecule has 1 aliphatic carbocycles. The third-order valence-electron chi connectivity index (χ3n) is 4.42. The standard InChI is InChI=1S/C20H22N2OS/c1-2-4-19-18(3-1)22-20(24-19)23-17-9-7-16(8-10-17)12-14-21-13-11-15-5-6-15/h1-4,7-10,15,21H,5-6,11-14H2. The Labute approximate surface area is 146 Å². The zero-order valence-electron chi connectivity index (χ0n) is 13.7. The van der Waals surface area contributed by atoms with Crippen LogP contribution in [0.5, 0.6) is 10.9 Å². The van der Waals surface area contributed by atoms with Gasteiger partial charge in [0.25, 0.3) is 5.19 Å². The molecule has 3 aromatic rings. The molecule has 4 rings (SSSR count). The third-order valence-corrected chi connectivity index (χ3v) is 5.33. The number of hydrogen-bond donors (Lipinski definition) is 1. The minimum atomic E-state index is 0.700. The van der Waals surface area contributed by atoms with Gasteiger partial charge < -0.3 is 10.1 Å². The van der Waals surface area contributed by atoms with E-state index in [0.717, 1.165) is 41.4 Å². The molecule has 0 unspecified atom stereocenters. The van der Waals surface area contributed by atoms with Crippen LogP contribution in [-0.2, 0) is 6.42 Å². The summed E-state index contributed by atoms with van der Waals surface area (Å²) in [6.45, 7) is 2.20. The van der Waals surface area contributed by atoms with Gasteiger partial charge in [0.1, 0.15) is 5.75 Å². The average Bonchev–Trinajstić information content (AvgIpc) is 3.34. The summed E-state index contributed by atoms with van der Waals surface area (Å²) >= 11 is 1.58. The van der Waals surface area contributed by atoms with Crippen molar-refractivity contribution in [2.75, 3.05) is 13.1 Å². The van der Waals surface area contributed by atoms with Crippen LogP contribution in [0.3, 0.4) is 0 Å². The number of rotatable bonds is 8. The maximum Gasteiger partial charge on any atom is 0.279 e. The van der Waals surface area contributed by atoms with E-state index in [2.05, 4.69) is 28.5 Å². The van der Waals surface area contributed by atoms with Crippen molar-refractivity contribution in [3.05, 3.63) is 54.1 Å². The molecule has 1 aliphatic rings. The Balaban J connectivity index is 1.28. The molecule has 24 heavy (non-hydrogen) atoms. The first-order valence-corrected chi connectivity index (χ1v) is 9.51. The minimum absolute atomic E-state index is 0.700. The summed E-state index contributed by atoms with van der Waals surface area (Å²) in [6.07, 6.45) is 5.29. The summed E-state index contributed by atoms with van der Waals surface area (Å²) < 4.78 is 7.04. The van der Waals surface area contributed by atoms with E-state index in [1.165, 1.54) is 24.8 Å². The topological polar surface area (TPSA) is 34.1 Å². The van der Waals surface area contributed by atoms with Gasteiger partial charge in [0, 0.05) is 0 Å². The summed E-state index contributed by atoms with van der Waals surface area (Å²) in [5, 5.41) is 4.23. The fourth-order valence-electron chi connectivity index (χ4n) is 2.79. The molecule has 0 atom stereocenters. The molecule has 1 fully saturated rings. The number of benzene rings is 2. The fourth-order valence-corrected chi connectivity index (χ4v) is 3.63. The van der Waals surface area contributed by atoms with Crippen LogP contribution in [-0.4, -0.2) is 18.1 Å². The third kappa shape index (κ3) is 4.13. The van der Waals surface area contributed by atoms with Gasteiger partial charge in [0.05, 0.1) is 10.2 Å². The van der Waals surface area contributed by atoms with Crippen molar-refractivity contribution in [3.63, 3.8) is 0 Å². The minimum Gasteiger partial charge on any atom is -0.431 e. The van der Waals surface area contributed by atoms with Crippen molar-refractivity contribution in [2.45, 2.75) is 25.7 Å². The van der Waals surface area contributed by atoms with Crippen LogP contribution >= 0.6 is 11.3 Å². The van der Waals surface area contributed by atoms with E-state index in [0.29, 0.717) is 5.19 Å². The van der Waals surface area contributed by atoms with Crippen LogP contribution in [0.1, 0.15) is 24.8 Å². The van der Waals surface area contributed by atoms with Crippen molar-refractivity contribution in [3.8, 4) is 10.9 Å². The number of aromatic nitrogens is 1. The van der Waals surface area contributed by atoms with Gasteiger partial charge in [-0.25, -0.2) is 4.98 Å². The predicted molar refractivity (Wildman–Crippen MR) is 100 cm³/mol. The van der Waals surface area contributed by atoms with E-state index >= 15 is 0 Å². The molecule has 1 heterocycles. The second kappa shape index (κ2) is 7.32. The summed E-state index contributed by atoms with van der Waals surface area (Å²) in [5.74, 6) is 1.86. The van der Waals surface area contributed by atoms with E-state index in [1.54, 1.807) is 11.3 Å². The van der Waals surface area contributed by atoms with Crippen LogP contribution in [0, 0.1) is 5.92 Å². The summed E-state index contributed by atoms with van der Waals surface area (Å²) in [4.78, 5) is 4.51. The highest BCUT2D eigenvalue weighted by atomic mass is 32.1. The molecule has 0 bridgehead atoms. The number of para-hydroxylation sites is 1. The molecule has 4 heteroatoms. The molecular weight excluding hydrogens is 316 g/mol. The largest absolute Gasteiger partial charge is 0.431 e. The first kappa shape index (κ1) is 15.6. The van der Waals surface area contributed by atoms with Crippen LogP contribution in [0.15, 0.2) is 48.5 Å². The first-order chi connectivity index (χ1) is 11.9. The van der Waals surface area contributed by atoms with Gasteiger partial charge in [-0.15, -0.1) is 0 Å². The Kier molecular flexibility index (Phi) is 4.76. The molecule has 124 valence electrons. The zero-order chi connectivity index (χ0) is 16.2. The molecule has 0 radical (unpaired) electrons. The van der Waals surface area contributed by atoms with Crippen molar-refractivity contribution in [2.24, 2.45) is 5.92 Å². The van der Waals surface area contributed by atoms with Crippen molar-refractivity contribution in [1.29, 1.82) is 0 Å². The van der Waals surface area contributed by atoms with E-state index in [9.17, 15) is 0 Å². The van der Waals surface area contributed by atoms with Crippen molar-refractivity contribution >= 4 is 21.6 Å². The lowest BCUT2D eigenvalue weighted by Crippen LogP contribution is -2.18. The molecule has 1 N–H and O–H groups in total. The van der Waals surface area contributed by atoms with Crippen molar-refractivity contribution < 1.29 is 4.74 Å². The number of nitrogens with one attached hydrogen (secondary N) is 1. The molecule has 1 saturated carbocycles. The van der Waals surface area contributed by atoms with Gasteiger partial charge >= 0.3 is 0 Å². The van der Waals surface area contributed by atoms with Crippen LogP contribution in [0.2, 0.25) is 0 Å². The van der Waals surface area contributed by atoms with Crippen LogP contribution < -0.4 is 10.1 Å². The molecular formula is C20H22N2OS. The molecule has 0 amide bonds.